The van der Waals surface area contributed by atoms with E-state index in [0.717, 1.165) is 11.3 Å². The van der Waals surface area contributed by atoms with Crippen LogP contribution in [0.3, 0.4) is 0 Å². The second-order valence-corrected chi connectivity index (χ2v) is 9.47. The standard InChI is InChI=1S/C27H23N3O6S/c1-5-36-26(34)19-14(2)28-27-30(21(19)15-10-12-16(13-11-15)25(33)35-4)24(32)22(37-27)20-17-8-6-7-9-18(17)29(3)23(20)31/h6-13,21H,5H2,1-4H3. The van der Waals surface area contributed by atoms with Crippen molar-refractivity contribution < 1.29 is 23.9 Å². The van der Waals surface area contributed by atoms with E-state index in [0.29, 0.717) is 38.4 Å². The summed E-state index contributed by atoms with van der Waals surface area (Å²) in [4.78, 5) is 58.7. The van der Waals surface area contributed by atoms with Crippen molar-refractivity contribution in [2.45, 2.75) is 19.9 Å². The van der Waals surface area contributed by atoms with Crippen LogP contribution in [0.25, 0.3) is 5.57 Å². The highest BCUT2D eigenvalue weighted by molar-refractivity contribution is 7.07. The number of methoxy groups -OCH3 is 1. The molecule has 37 heavy (non-hydrogen) atoms. The molecular weight excluding hydrogens is 494 g/mol. The number of ether oxygens (including phenoxy) is 2. The average Bonchev–Trinajstić information content (AvgIpc) is 3.35. The SMILES string of the molecule is CCOC(=O)C1=C(C)N=c2sc(=C3C(=O)N(C)c4ccccc43)c(=O)n2C1c1ccc(C(=O)OC)cc1. The Balaban J connectivity index is 1.79. The number of hydrogen-bond acceptors (Lipinski definition) is 8. The summed E-state index contributed by atoms with van der Waals surface area (Å²) >= 11 is 1.11. The van der Waals surface area contributed by atoms with Gasteiger partial charge in [0.05, 0.1) is 47.9 Å². The molecule has 2 aliphatic heterocycles. The van der Waals surface area contributed by atoms with Crippen LogP contribution in [0.2, 0.25) is 0 Å². The molecular formula is C27H23N3O6S. The number of allylic oxidation sites excluding steroid dienone is 1. The maximum Gasteiger partial charge on any atom is 0.338 e. The Hall–Kier alpha value is -4.31. The third-order valence-corrected chi connectivity index (χ3v) is 7.47. The van der Waals surface area contributed by atoms with Gasteiger partial charge in [-0.25, -0.2) is 14.6 Å². The van der Waals surface area contributed by atoms with Crippen LogP contribution in [0.15, 0.2) is 69.6 Å². The van der Waals surface area contributed by atoms with Crippen LogP contribution in [-0.2, 0) is 19.1 Å². The number of aromatic nitrogens is 1. The number of carbonyl (C=O) groups excluding carboxylic acids is 3. The molecule has 1 unspecified atom stereocenters. The number of likely N-dealkylation sites (N-methyl/N-ethyl adjacent to an activating group) is 1. The van der Waals surface area contributed by atoms with E-state index in [2.05, 4.69) is 4.99 Å². The Morgan fingerprint density at radius 3 is 2.43 bits per heavy atom. The van der Waals surface area contributed by atoms with E-state index in [4.69, 9.17) is 9.47 Å². The van der Waals surface area contributed by atoms with E-state index in [9.17, 15) is 19.2 Å². The van der Waals surface area contributed by atoms with Crippen LogP contribution >= 0.6 is 11.3 Å². The van der Waals surface area contributed by atoms with Gasteiger partial charge in [0.1, 0.15) is 4.53 Å². The predicted octanol–water partition coefficient (Wildman–Crippen LogP) is 1.93. The molecule has 0 N–H and O–H groups in total. The second kappa shape index (κ2) is 9.29. The first-order chi connectivity index (χ1) is 17.8. The van der Waals surface area contributed by atoms with Gasteiger partial charge in [-0.1, -0.05) is 41.7 Å². The molecule has 1 amide bonds. The molecule has 0 saturated heterocycles. The van der Waals surface area contributed by atoms with Gasteiger partial charge in [-0.2, -0.15) is 0 Å². The van der Waals surface area contributed by atoms with Crippen molar-refractivity contribution in [3.05, 3.63) is 96.2 Å². The smallest absolute Gasteiger partial charge is 0.338 e. The third-order valence-electron chi connectivity index (χ3n) is 6.42. The molecule has 0 saturated carbocycles. The van der Waals surface area contributed by atoms with Gasteiger partial charge in [-0.05, 0) is 37.6 Å². The summed E-state index contributed by atoms with van der Waals surface area (Å²) in [6.45, 7) is 3.53. The zero-order valence-electron chi connectivity index (χ0n) is 20.6. The molecule has 1 aromatic heterocycles. The lowest BCUT2D eigenvalue weighted by molar-refractivity contribution is -0.139. The minimum Gasteiger partial charge on any atom is -0.465 e. The molecule has 5 rings (SSSR count). The van der Waals surface area contributed by atoms with Gasteiger partial charge in [0.2, 0.25) is 0 Å². The van der Waals surface area contributed by atoms with Crippen LogP contribution in [-0.4, -0.2) is 43.2 Å². The van der Waals surface area contributed by atoms with E-state index in [1.54, 1.807) is 45.2 Å². The average molecular weight is 518 g/mol. The Morgan fingerprint density at radius 1 is 1.05 bits per heavy atom. The van der Waals surface area contributed by atoms with Gasteiger partial charge < -0.3 is 14.4 Å². The molecule has 188 valence electrons. The van der Waals surface area contributed by atoms with Crippen molar-refractivity contribution in [1.29, 1.82) is 0 Å². The maximum atomic E-state index is 14.0. The van der Waals surface area contributed by atoms with Crippen LogP contribution < -0.4 is 19.8 Å². The molecule has 0 spiro atoms. The van der Waals surface area contributed by atoms with E-state index in [-0.39, 0.29) is 22.6 Å². The highest BCUT2D eigenvalue weighted by Gasteiger charge is 2.36. The topological polar surface area (TPSA) is 107 Å². The lowest BCUT2D eigenvalue weighted by Crippen LogP contribution is -2.40. The van der Waals surface area contributed by atoms with Gasteiger partial charge in [-0.3, -0.25) is 14.2 Å². The third kappa shape index (κ3) is 3.80. The Labute approximate surface area is 215 Å². The molecule has 0 bridgehead atoms. The minimum absolute atomic E-state index is 0.149. The minimum atomic E-state index is -0.860. The summed E-state index contributed by atoms with van der Waals surface area (Å²) in [5.74, 6) is -1.38. The number of anilines is 1. The summed E-state index contributed by atoms with van der Waals surface area (Å²) < 4.78 is 11.8. The second-order valence-electron chi connectivity index (χ2n) is 8.49. The fourth-order valence-corrected chi connectivity index (χ4v) is 5.80. The van der Waals surface area contributed by atoms with Gasteiger partial charge in [0.15, 0.2) is 4.80 Å². The van der Waals surface area contributed by atoms with Crippen molar-refractivity contribution in [3.63, 3.8) is 0 Å². The number of rotatable bonds is 4. The van der Waals surface area contributed by atoms with E-state index in [1.807, 2.05) is 24.3 Å². The fraction of sp³-hybridized carbons (Fsp3) is 0.222. The Bertz CT molecular complexity index is 1680. The fourth-order valence-electron chi connectivity index (χ4n) is 4.67. The first kappa shape index (κ1) is 24.4. The summed E-state index contributed by atoms with van der Waals surface area (Å²) in [5, 5.41) is 0. The summed E-state index contributed by atoms with van der Waals surface area (Å²) in [6, 6.07) is 12.9. The van der Waals surface area contributed by atoms with Crippen LogP contribution in [0.1, 0.15) is 41.4 Å². The lowest BCUT2D eigenvalue weighted by Gasteiger charge is -2.24. The number of carbonyl (C=O) groups is 3. The number of thiazole rings is 1. The molecule has 9 nitrogen and oxygen atoms in total. The van der Waals surface area contributed by atoms with Gasteiger partial charge in [-0.15, -0.1) is 0 Å². The highest BCUT2D eigenvalue weighted by Crippen LogP contribution is 2.34. The first-order valence-corrected chi connectivity index (χ1v) is 12.4. The van der Waals surface area contributed by atoms with Gasteiger partial charge in [0.25, 0.3) is 11.5 Å². The summed E-state index contributed by atoms with van der Waals surface area (Å²) in [7, 11) is 2.96. The highest BCUT2D eigenvalue weighted by atomic mass is 32.1. The monoisotopic (exact) mass is 517 g/mol. The lowest BCUT2D eigenvalue weighted by atomic mass is 9.95. The van der Waals surface area contributed by atoms with Crippen molar-refractivity contribution in [2.24, 2.45) is 4.99 Å². The first-order valence-electron chi connectivity index (χ1n) is 11.6. The van der Waals surface area contributed by atoms with Gasteiger partial charge >= 0.3 is 11.9 Å². The molecule has 3 aromatic rings. The summed E-state index contributed by atoms with van der Waals surface area (Å²) in [5.41, 5.74) is 2.79. The van der Waals surface area contributed by atoms with Crippen LogP contribution in [0.4, 0.5) is 5.69 Å². The number of fused-ring (bicyclic) bond motifs is 2. The number of benzene rings is 2. The van der Waals surface area contributed by atoms with Crippen molar-refractivity contribution in [1.82, 2.24) is 4.57 Å². The van der Waals surface area contributed by atoms with Crippen LogP contribution in [0.5, 0.6) is 0 Å². The molecule has 0 radical (unpaired) electrons. The van der Waals surface area contributed by atoms with Crippen molar-refractivity contribution in [2.75, 3.05) is 25.7 Å². The molecule has 3 heterocycles. The normalized spacial score (nSPS) is 17.8. The number of nitrogens with zero attached hydrogens (tertiary/aromatic N) is 3. The molecule has 2 aromatic carbocycles. The van der Waals surface area contributed by atoms with E-state index < -0.39 is 23.5 Å². The Morgan fingerprint density at radius 2 is 1.76 bits per heavy atom. The molecule has 10 heteroatoms. The molecule has 0 fully saturated rings. The zero-order chi connectivity index (χ0) is 26.4. The van der Waals surface area contributed by atoms with E-state index >= 15 is 0 Å². The largest absolute Gasteiger partial charge is 0.465 e. The number of amides is 1. The summed E-state index contributed by atoms with van der Waals surface area (Å²) in [6.07, 6.45) is 0. The molecule has 2 aliphatic rings. The quantitative estimate of drug-likeness (QED) is 0.490. The van der Waals surface area contributed by atoms with Crippen LogP contribution in [0, 0.1) is 0 Å². The zero-order valence-corrected chi connectivity index (χ0v) is 21.4. The Kier molecular flexibility index (Phi) is 6.12. The molecule has 1 atom stereocenters. The maximum absolute atomic E-state index is 14.0. The number of para-hydroxylation sites is 1. The number of hydrogen-bond donors (Lipinski definition) is 0. The predicted molar refractivity (Wildman–Crippen MR) is 137 cm³/mol. The molecule has 0 aliphatic carbocycles. The number of esters is 2. The van der Waals surface area contributed by atoms with Crippen molar-refractivity contribution in [3.8, 4) is 0 Å². The van der Waals surface area contributed by atoms with E-state index in [1.165, 1.54) is 16.6 Å². The van der Waals surface area contributed by atoms with Crippen molar-refractivity contribution >= 4 is 40.4 Å². The van der Waals surface area contributed by atoms with Gasteiger partial charge in [0, 0.05) is 12.6 Å².